The fourth-order valence-electron chi connectivity index (χ4n) is 1.11. The largest absolute Gasteiger partial charge is 0.478 e. The van der Waals surface area contributed by atoms with Gasteiger partial charge in [0, 0.05) is 18.4 Å². The number of rotatable bonds is 6. The molecule has 1 heterocycles. The van der Waals surface area contributed by atoms with Crippen molar-refractivity contribution in [2.24, 2.45) is 0 Å². The molecule has 6 nitrogen and oxygen atoms in total. The number of aromatic amines is 1. The van der Waals surface area contributed by atoms with Crippen LogP contribution < -0.4 is 5.69 Å². The fraction of sp³-hybridized carbons (Fsp3) is 0.444. The van der Waals surface area contributed by atoms with Crippen LogP contribution in [-0.4, -0.2) is 31.6 Å². The maximum atomic E-state index is 11.3. The first-order chi connectivity index (χ1) is 7.65. The molecule has 7 heteroatoms. The van der Waals surface area contributed by atoms with Gasteiger partial charge in [-0.2, -0.15) is 0 Å². The second-order valence-corrected chi connectivity index (χ2v) is 4.00. The first-order valence-corrected chi connectivity index (χ1v) is 5.81. The van der Waals surface area contributed by atoms with Gasteiger partial charge in [0.1, 0.15) is 0 Å². The van der Waals surface area contributed by atoms with Crippen LogP contribution in [0, 0.1) is 0 Å². The topological polar surface area (TPSA) is 88.0 Å². The van der Waals surface area contributed by atoms with Crippen LogP contribution in [0.2, 0.25) is 0 Å². The Morgan fingerprint density at radius 1 is 1.69 bits per heavy atom. The molecule has 0 aliphatic heterocycles. The first kappa shape index (κ1) is 12.6. The van der Waals surface area contributed by atoms with Gasteiger partial charge < -0.3 is 5.11 Å². The molecule has 0 spiro atoms. The lowest BCUT2D eigenvalue weighted by molar-refractivity contribution is -0.131. The zero-order valence-electron chi connectivity index (χ0n) is 8.84. The third kappa shape index (κ3) is 3.58. The Morgan fingerprint density at radius 2 is 2.44 bits per heavy atom. The summed E-state index contributed by atoms with van der Waals surface area (Å²) in [6.45, 7) is 2.58. The third-order valence-electron chi connectivity index (χ3n) is 1.74. The molecule has 2 N–H and O–H groups in total. The Bertz CT molecular complexity index is 435. The van der Waals surface area contributed by atoms with E-state index in [0.717, 1.165) is 12.5 Å². The minimum absolute atomic E-state index is 0.230. The minimum atomic E-state index is -0.978. The Hall–Kier alpha value is -1.50. The highest BCUT2D eigenvalue weighted by molar-refractivity contribution is 7.99. The maximum Gasteiger partial charge on any atom is 0.343 e. The molecule has 0 radical (unpaired) electrons. The van der Waals surface area contributed by atoms with E-state index in [2.05, 4.69) is 10.2 Å². The number of thioether (sulfide) groups is 1. The van der Waals surface area contributed by atoms with Crippen molar-refractivity contribution < 1.29 is 9.90 Å². The van der Waals surface area contributed by atoms with E-state index in [1.807, 2.05) is 6.92 Å². The number of H-pyrrole nitrogens is 1. The summed E-state index contributed by atoms with van der Waals surface area (Å²) in [5.74, 6) is -0.506. The lowest BCUT2D eigenvalue weighted by Crippen LogP contribution is -2.17. The third-order valence-corrected chi connectivity index (χ3v) is 2.67. The molecule has 0 aromatic carbocycles. The molecule has 1 aromatic heterocycles. The summed E-state index contributed by atoms with van der Waals surface area (Å²) < 4.78 is 1.54. The molecule has 16 heavy (non-hydrogen) atoms. The molecule has 0 saturated carbocycles. The molecule has 88 valence electrons. The number of aromatic nitrogens is 3. The summed E-state index contributed by atoms with van der Waals surface area (Å²) in [5.41, 5.74) is -0.230. The highest BCUT2D eigenvalue weighted by Crippen LogP contribution is 2.13. The van der Waals surface area contributed by atoms with E-state index in [0.29, 0.717) is 17.5 Å². The molecule has 0 fully saturated rings. The molecule has 0 atom stereocenters. The summed E-state index contributed by atoms with van der Waals surface area (Å²) in [7, 11) is 0. The van der Waals surface area contributed by atoms with Gasteiger partial charge in [0.25, 0.3) is 0 Å². The zero-order valence-corrected chi connectivity index (χ0v) is 9.66. The molecule has 0 saturated heterocycles. The normalized spacial score (nSPS) is 11.1. The van der Waals surface area contributed by atoms with Crippen molar-refractivity contribution >= 4 is 17.7 Å². The van der Waals surface area contributed by atoms with Gasteiger partial charge in [0.05, 0.1) is 0 Å². The van der Waals surface area contributed by atoms with E-state index >= 15 is 0 Å². The van der Waals surface area contributed by atoms with Crippen LogP contribution in [0.5, 0.6) is 0 Å². The van der Waals surface area contributed by atoms with Crippen LogP contribution in [-0.2, 0) is 11.3 Å². The molecule has 0 unspecified atom stereocenters. The predicted molar refractivity (Wildman–Crippen MR) is 60.6 cm³/mol. The zero-order chi connectivity index (χ0) is 12.0. The van der Waals surface area contributed by atoms with Gasteiger partial charge >= 0.3 is 11.7 Å². The van der Waals surface area contributed by atoms with E-state index in [1.54, 1.807) is 4.57 Å². The number of carboxylic acids is 1. The number of nitrogens with zero attached hydrogens (tertiary/aromatic N) is 2. The van der Waals surface area contributed by atoms with E-state index in [9.17, 15) is 9.59 Å². The van der Waals surface area contributed by atoms with Crippen molar-refractivity contribution in [1.82, 2.24) is 14.8 Å². The molecule has 0 amide bonds. The fourth-order valence-corrected chi connectivity index (χ4v) is 1.89. The van der Waals surface area contributed by atoms with Crippen LogP contribution >= 0.6 is 11.8 Å². The molecule has 0 aliphatic rings. The van der Waals surface area contributed by atoms with Gasteiger partial charge in [-0.25, -0.2) is 14.7 Å². The number of hydrogen-bond donors (Lipinski definition) is 2. The average Bonchev–Trinajstić information content (AvgIpc) is 2.56. The molecule has 1 rings (SSSR count). The number of aliphatic carboxylic acids is 1. The van der Waals surface area contributed by atoms with Gasteiger partial charge in [0.2, 0.25) is 0 Å². The average molecular weight is 243 g/mol. The predicted octanol–water partition coefficient (Wildman–Crippen LogP) is 0.714. The number of hydrogen-bond acceptors (Lipinski definition) is 4. The van der Waals surface area contributed by atoms with Gasteiger partial charge in [-0.1, -0.05) is 24.8 Å². The number of nitrogens with one attached hydrogen (secondary N) is 1. The van der Waals surface area contributed by atoms with E-state index in [-0.39, 0.29) is 5.69 Å². The maximum absolute atomic E-state index is 11.3. The van der Waals surface area contributed by atoms with Gasteiger partial charge in [-0.3, -0.25) is 4.57 Å². The van der Waals surface area contributed by atoms with Gasteiger partial charge in [0.15, 0.2) is 5.16 Å². The van der Waals surface area contributed by atoms with Crippen molar-refractivity contribution in [3.63, 3.8) is 0 Å². The SMILES string of the molecule is CCCn1c(SCC=CC(=O)O)n[nH]c1=O. The number of carboxylic acid groups (broad SMARTS) is 1. The number of carbonyl (C=O) groups is 1. The summed E-state index contributed by atoms with van der Waals surface area (Å²) >= 11 is 1.32. The van der Waals surface area contributed by atoms with Crippen molar-refractivity contribution in [3.05, 3.63) is 22.6 Å². The summed E-state index contributed by atoms with van der Waals surface area (Å²) in [6.07, 6.45) is 3.43. The van der Waals surface area contributed by atoms with Crippen LogP contribution in [0.4, 0.5) is 0 Å². The van der Waals surface area contributed by atoms with Gasteiger partial charge in [-0.05, 0) is 6.42 Å². The first-order valence-electron chi connectivity index (χ1n) is 4.82. The minimum Gasteiger partial charge on any atom is -0.478 e. The second kappa shape index (κ2) is 6.16. The van der Waals surface area contributed by atoms with Crippen molar-refractivity contribution in [3.8, 4) is 0 Å². The Morgan fingerprint density at radius 3 is 3.06 bits per heavy atom. The van der Waals surface area contributed by atoms with Crippen LogP contribution in [0.1, 0.15) is 13.3 Å². The van der Waals surface area contributed by atoms with E-state index in [4.69, 9.17) is 5.11 Å². The summed E-state index contributed by atoms with van der Waals surface area (Å²) in [5, 5.41) is 15.2. The van der Waals surface area contributed by atoms with Crippen molar-refractivity contribution in [2.45, 2.75) is 25.0 Å². The van der Waals surface area contributed by atoms with Crippen LogP contribution in [0.15, 0.2) is 22.1 Å². The van der Waals surface area contributed by atoms with Crippen molar-refractivity contribution in [1.29, 1.82) is 0 Å². The van der Waals surface area contributed by atoms with E-state index in [1.165, 1.54) is 17.8 Å². The van der Waals surface area contributed by atoms with Gasteiger partial charge in [-0.15, -0.1) is 5.10 Å². The Kier molecular flexibility index (Phi) is 4.84. The summed E-state index contributed by atoms with van der Waals surface area (Å²) in [4.78, 5) is 21.5. The highest BCUT2D eigenvalue weighted by Gasteiger charge is 2.06. The molecular weight excluding hydrogens is 230 g/mol. The standard InChI is InChI=1S/C9H13N3O3S/c1-2-5-12-8(15)10-11-9(12)16-6-3-4-7(13)14/h3-4H,2,5-6H2,1H3,(H,10,15)(H,13,14). The van der Waals surface area contributed by atoms with Crippen molar-refractivity contribution in [2.75, 3.05) is 5.75 Å². The molecular formula is C9H13N3O3S. The molecule has 1 aromatic rings. The monoisotopic (exact) mass is 243 g/mol. The Labute approximate surface area is 96.4 Å². The van der Waals surface area contributed by atoms with Crippen LogP contribution in [0.3, 0.4) is 0 Å². The molecule has 0 bridgehead atoms. The molecule has 0 aliphatic carbocycles. The van der Waals surface area contributed by atoms with Crippen LogP contribution in [0.25, 0.3) is 0 Å². The smallest absolute Gasteiger partial charge is 0.343 e. The Balaban J connectivity index is 2.60. The second-order valence-electron chi connectivity index (χ2n) is 3.01. The summed E-state index contributed by atoms with van der Waals surface area (Å²) in [6, 6.07) is 0. The lowest BCUT2D eigenvalue weighted by atomic mass is 10.5. The van der Waals surface area contributed by atoms with E-state index < -0.39 is 5.97 Å². The highest BCUT2D eigenvalue weighted by atomic mass is 32.2. The lowest BCUT2D eigenvalue weighted by Gasteiger charge is -2.00. The quantitative estimate of drug-likeness (QED) is 0.567.